The summed E-state index contributed by atoms with van der Waals surface area (Å²) in [6.45, 7) is 5.51. The average Bonchev–Trinajstić information content (AvgIpc) is 3.19. The maximum absolute atomic E-state index is 13.6. The smallest absolute Gasteiger partial charge is 0.240 e. The number of hydrogen-bond acceptors (Lipinski definition) is 5. The zero-order valence-electron chi connectivity index (χ0n) is 17.1. The van der Waals surface area contributed by atoms with Crippen LogP contribution in [0.15, 0.2) is 59.7 Å². The van der Waals surface area contributed by atoms with Crippen LogP contribution in [0.1, 0.15) is 20.8 Å². The Kier molecular flexibility index (Phi) is 3.97. The molecule has 0 aliphatic carbocycles. The molecule has 0 radical (unpaired) electrons. The topological polar surface area (TPSA) is 70.0 Å². The molecule has 0 saturated carbocycles. The normalized spacial score (nSPS) is 27.7. The molecule has 0 N–H and O–H groups in total. The van der Waals surface area contributed by atoms with E-state index in [0.29, 0.717) is 5.69 Å². The third-order valence-electron chi connectivity index (χ3n) is 6.29. The molecule has 0 spiro atoms. The lowest BCUT2D eigenvalue weighted by Crippen LogP contribution is -2.49. The van der Waals surface area contributed by atoms with Gasteiger partial charge in [0.05, 0.1) is 23.6 Å². The fraction of sp³-hybridized carbons (Fsp3) is 0.333. The Hall–Kier alpha value is -3.28. The van der Waals surface area contributed by atoms with Gasteiger partial charge in [0.15, 0.2) is 5.78 Å². The highest BCUT2D eigenvalue weighted by atomic mass is 16.2. The molecule has 2 aromatic carbocycles. The van der Waals surface area contributed by atoms with Gasteiger partial charge in [0.1, 0.15) is 6.04 Å². The van der Waals surface area contributed by atoms with Gasteiger partial charge < -0.3 is 0 Å². The summed E-state index contributed by atoms with van der Waals surface area (Å²) < 4.78 is 0. The molecule has 3 aliphatic heterocycles. The molecule has 30 heavy (non-hydrogen) atoms. The maximum Gasteiger partial charge on any atom is 0.240 e. The molecule has 6 heteroatoms. The predicted molar refractivity (Wildman–Crippen MR) is 115 cm³/mol. The number of hydrazone groups is 1. The van der Waals surface area contributed by atoms with E-state index >= 15 is 0 Å². The highest BCUT2D eigenvalue weighted by molar-refractivity contribution is 6.24. The van der Waals surface area contributed by atoms with Gasteiger partial charge in [-0.25, -0.2) is 4.90 Å². The molecule has 2 saturated heterocycles. The van der Waals surface area contributed by atoms with E-state index in [9.17, 15) is 14.4 Å². The Morgan fingerprint density at radius 1 is 0.967 bits per heavy atom. The van der Waals surface area contributed by atoms with Crippen molar-refractivity contribution in [1.29, 1.82) is 0 Å². The van der Waals surface area contributed by atoms with Crippen LogP contribution in [-0.4, -0.2) is 40.9 Å². The van der Waals surface area contributed by atoms with Crippen LogP contribution in [0.2, 0.25) is 0 Å². The summed E-state index contributed by atoms with van der Waals surface area (Å²) in [7, 11) is 0. The fourth-order valence-electron chi connectivity index (χ4n) is 4.85. The molecule has 0 aromatic heterocycles. The van der Waals surface area contributed by atoms with Crippen LogP contribution in [-0.2, 0) is 14.4 Å². The number of allylic oxidation sites excluding steroid dienone is 1. The van der Waals surface area contributed by atoms with E-state index in [1.807, 2.05) is 63.2 Å². The van der Waals surface area contributed by atoms with E-state index in [4.69, 9.17) is 0 Å². The van der Waals surface area contributed by atoms with E-state index in [-0.39, 0.29) is 17.6 Å². The third kappa shape index (κ3) is 2.56. The quantitative estimate of drug-likeness (QED) is 0.725. The van der Waals surface area contributed by atoms with Crippen LogP contribution in [0.5, 0.6) is 0 Å². The minimum Gasteiger partial charge on any atom is -0.297 e. The predicted octanol–water partition coefficient (Wildman–Crippen LogP) is 3.17. The first-order valence-corrected chi connectivity index (χ1v) is 10.2. The van der Waals surface area contributed by atoms with Crippen molar-refractivity contribution >= 4 is 40.3 Å². The van der Waals surface area contributed by atoms with E-state index in [2.05, 4.69) is 5.10 Å². The molecule has 3 aliphatic rings. The second kappa shape index (κ2) is 6.36. The number of nitrogens with zero attached hydrogens (tertiary/aromatic N) is 3. The van der Waals surface area contributed by atoms with Gasteiger partial charge in [-0.15, -0.1) is 0 Å². The lowest BCUT2D eigenvalue weighted by Gasteiger charge is -2.33. The Morgan fingerprint density at radius 3 is 2.40 bits per heavy atom. The first kappa shape index (κ1) is 18.7. The fourth-order valence-corrected chi connectivity index (χ4v) is 4.85. The number of carbonyl (C=O) groups excluding carboxylic acids is 3. The standard InChI is InChI=1S/C24H23N3O3/c1-24(2,3)21(28)20-19-18(17-9-6-12-25-27(17)20)22(29)26(23(19)30)16-11-10-14-7-4-5-8-15(14)13-16/h4-13,17-20H,1-3H3/t17-,18-,19-,20-/m0/s1. The molecule has 152 valence electrons. The van der Waals surface area contributed by atoms with Gasteiger partial charge in [0, 0.05) is 11.6 Å². The summed E-state index contributed by atoms with van der Waals surface area (Å²) in [6, 6.07) is 12.3. The van der Waals surface area contributed by atoms with Gasteiger partial charge in [-0.05, 0) is 29.0 Å². The van der Waals surface area contributed by atoms with Crippen molar-refractivity contribution in [3.8, 4) is 0 Å². The van der Waals surface area contributed by atoms with E-state index < -0.39 is 29.3 Å². The molecule has 3 heterocycles. The Bertz CT molecular complexity index is 1140. The number of amides is 2. The number of fused-ring (bicyclic) bond motifs is 4. The van der Waals surface area contributed by atoms with Crippen LogP contribution < -0.4 is 4.90 Å². The zero-order valence-corrected chi connectivity index (χ0v) is 17.1. The Labute approximate surface area is 174 Å². The van der Waals surface area contributed by atoms with Crippen LogP contribution >= 0.6 is 0 Å². The zero-order chi connectivity index (χ0) is 21.2. The summed E-state index contributed by atoms with van der Waals surface area (Å²) >= 11 is 0. The molecule has 2 amide bonds. The van der Waals surface area contributed by atoms with Gasteiger partial charge in [-0.2, -0.15) is 5.10 Å². The molecular formula is C24H23N3O3. The SMILES string of the molecule is CC(C)(C)C(=O)[C@@H]1[C@H]2C(=O)N(c3ccc4ccccc4c3)C(=O)[C@H]2[C@@H]2C=CC=NN12. The van der Waals surface area contributed by atoms with Crippen molar-refractivity contribution < 1.29 is 14.4 Å². The number of imide groups is 1. The number of Topliss-reactive ketones (excluding diaryl/α,β-unsaturated/α-hetero) is 1. The Balaban J connectivity index is 1.60. The van der Waals surface area contributed by atoms with Crippen molar-refractivity contribution in [2.24, 2.45) is 22.4 Å². The molecule has 2 fully saturated rings. The van der Waals surface area contributed by atoms with E-state index in [1.165, 1.54) is 4.90 Å². The van der Waals surface area contributed by atoms with Gasteiger partial charge in [-0.3, -0.25) is 19.4 Å². The summed E-state index contributed by atoms with van der Waals surface area (Å²) in [6.07, 6.45) is 5.25. The average molecular weight is 401 g/mol. The van der Waals surface area contributed by atoms with Crippen molar-refractivity contribution in [2.45, 2.75) is 32.9 Å². The van der Waals surface area contributed by atoms with Crippen molar-refractivity contribution in [2.75, 3.05) is 4.90 Å². The monoisotopic (exact) mass is 401 g/mol. The number of carbonyl (C=O) groups is 3. The van der Waals surface area contributed by atoms with Crippen LogP contribution in [0.25, 0.3) is 10.8 Å². The summed E-state index contributed by atoms with van der Waals surface area (Å²) in [5, 5.41) is 8.03. The van der Waals surface area contributed by atoms with Gasteiger partial charge in [0.25, 0.3) is 0 Å². The third-order valence-corrected chi connectivity index (χ3v) is 6.29. The van der Waals surface area contributed by atoms with Gasteiger partial charge in [-0.1, -0.05) is 57.2 Å². The van der Waals surface area contributed by atoms with E-state index in [1.54, 1.807) is 23.4 Å². The largest absolute Gasteiger partial charge is 0.297 e. The van der Waals surface area contributed by atoms with Crippen LogP contribution in [0.3, 0.4) is 0 Å². The van der Waals surface area contributed by atoms with Crippen LogP contribution in [0, 0.1) is 17.3 Å². The summed E-state index contributed by atoms with van der Waals surface area (Å²) in [5.74, 6) is -2.01. The number of benzene rings is 2. The first-order chi connectivity index (χ1) is 14.3. The minimum absolute atomic E-state index is 0.0750. The lowest BCUT2D eigenvalue weighted by atomic mass is 9.80. The maximum atomic E-state index is 13.6. The highest BCUT2D eigenvalue weighted by Crippen LogP contribution is 2.47. The van der Waals surface area contributed by atoms with Gasteiger partial charge in [0.2, 0.25) is 11.8 Å². The molecular weight excluding hydrogens is 378 g/mol. The first-order valence-electron chi connectivity index (χ1n) is 10.2. The molecule has 4 atom stereocenters. The highest BCUT2D eigenvalue weighted by Gasteiger charge is 2.64. The summed E-state index contributed by atoms with van der Waals surface area (Å²) in [5.41, 5.74) is -0.101. The molecule has 6 nitrogen and oxygen atoms in total. The number of rotatable bonds is 2. The lowest BCUT2D eigenvalue weighted by molar-refractivity contribution is -0.136. The molecule has 2 aromatic rings. The second-order valence-electron chi connectivity index (χ2n) is 9.17. The number of anilines is 1. The number of ketones is 1. The minimum atomic E-state index is -0.747. The molecule has 0 bridgehead atoms. The summed E-state index contributed by atoms with van der Waals surface area (Å²) in [4.78, 5) is 41.6. The van der Waals surface area contributed by atoms with Crippen LogP contribution in [0.4, 0.5) is 5.69 Å². The molecule has 5 rings (SSSR count). The second-order valence-corrected chi connectivity index (χ2v) is 9.17. The number of hydrogen-bond donors (Lipinski definition) is 0. The van der Waals surface area contributed by atoms with E-state index in [0.717, 1.165) is 10.8 Å². The van der Waals surface area contributed by atoms with Crippen molar-refractivity contribution in [3.05, 3.63) is 54.6 Å². The Morgan fingerprint density at radius 2 is 1.67 bits per heavy atom. The van der Waals surface area contributed by atoms with Crippen molar-refractivity contribution in [3.63, 3.8) is 0 Å². The molecule has 0 unspecified atom stereocenters. The van der Waals surface area contributed by atoms with Gasteiger partial charge >= 0.3 is 0 Å². The van der Waals surface area contributed by atoms with Crippen molar-refractivity contribution in [1.82, 2.24) is 5.01 Å².